The van der Waals surface area contributed by atoms with Gasteiger partial charge in [-0.25, -0.2) is 0 Å². The molecule has 20 heavy (non-hydrogen) atoms. The summed E-state index contributed by atoms with van der Waals surface area (Å²) in [5, 5.41) is 3.10. The van der Waals surface area contributed by atoms with E-state index < -0.39 is 0 Å². The lowest BCUT2D eigenvalue weighted by atomic mass is 10.1. The Morgan fingerprint density at radius 2 is 1.75 bits per heavy atom. The van der Waals surface area contributed by atoms with E-state index in [0.717, 1.165) is 0 Å². The number of carbonyl (C=O) groups excluding carboxylic acids is 2. The van der Waals surface area contributed by atoms with Crippen LogP contribution in [0.2, 0.25) is 5.02 Å². The molecular weight excluding hydrogens is 342 g/mol. The molecule has 0 aliphatic rings. The van der Waals surface area contributed by atoms with E-state index in [2.05, 4.69) is 21.2 Å². The molecule has 0 fully saturated rings. The van der Waals surface area contributed by atoms with E-state index in [4.69, 9.17) is 11.6 Å². The first-order valence-corrected chi connectivity index (χ1v) is 7.02. The molecule has 3 nitrogen and oxygen atoms in total. The van der Waals surface area contributed by atoms with Gasteiger partial charge in [-0.05, 0) is 59.3 Å². The van der Waals surface area contributed by atoms with Gasteiger partial charge in [-0.1, -0.05) is 17.7 Å². The van der Waals surface area contributed by atoms with E-state index in [1.807, 2.05) is 0 Å². The molecule has 2 aromatic carbocycles. The second-order valence-corrected chi connectivity index (χ2v) is 5.42. The third-order valence-corrected chi connectivity index (χ3v) is 4.04. The van der Waals surface area contributed by atoms with E-state index in [0.29, 0.717) is 26.3 Å². The lowest BCUT2D eigenvalue weighted by Gasteiger charge is -2.08. The molecule has 0 heterocycles. The average Bonchev–Trinajstić information content (AvgIpc) is 2.42. The topological polar surface area (TPSA) is 46.2 Å². The van der Waals surface area contributed by atoms with Gasteiger partial charge in [0, 0.05) is 15.7 Å². The number of hydrogen-bond acceptors (Lipinski definition) is 2. The monoisotopic (exact) mass is 351 g/mol. The third kappa shape index (κ3) is 3.26. The number of nitrogens with one attached hydrogen (secondary N) is 1. The molecule has 0 saturated carbocycles. The van der Waals surface area contributed by atoms with Gasteiger partial charge in [0.05, 0.1) is 10.6 Å². The number of hydrogen-bond donors (Lipinski definition) is 1. The van der Waals surface area contributed by atoms with Crippen molar-refractivity contribution in [2.45, 2.75) is 6.92 Å². The zero-order valence-electron chi connectivity index (χ0n) is 10.6. The minimum atomic E-state index is -0.299. The maximum atomic E-state index is 12.1. The summed E-state index contributed by atoms with van der Waals surface area (Å²) in [6, 6.07) is 11.8. The lowest BCUT2D eigenvalue weighted by Crippen LogP contribution is -2.12. The van der Waals surface area contributed by atoms with Crippen molar-refractivity contribution in [1.82, 2.24) is 0 Å². The summed E-state index contributed by atoms with van der Waals surface area (Å²) >= 11 is 9.34. The van der Waals surface area contributed by atoms with Gasteiger partial charge in [-0.3, -0.25) is 9.59 Å². The molecule has 1 amide bonds. The van der Waals surface area contributed by atoms with Crippen LogP contribution < -0.4 is 5.32 Å². The van der Waals surface area contributed by atoms with Crippen LogP contribution in [-0.2, 0) is 0 Å². The number of anilines is 1. The number of ketones is 1. The van der Waals surface area contributed by atoms with Crippen molar-refractivity contribution in [3.8, 4) is 0 Å². The van der Waals surface area contributed by atoms with Gasteiger partial charge in [0.1, 0.15) is 0 Å². The van der Waals surface area contributed by atoms with Crippen molar-refractivity contribution in [1.29, 1.82) is 0 Å². The number of halogens is 2. The van der Waals surface area contributed by atoms with Gasteiger partial charge in [0.2, 0.25) is 0 Å². The zero-order chi connectivity index (χ0) is 14.7. The second kappa shape index (κ2) is 6.20. The molecular formula is C15H11BrClNO2. The third-order valence-electron chi connectivity index (χ3n) is 2.75. The maximum Gasteiger partial charge on any atom is 0.257 e. The highest BCUT2D eigenvalue weighted by Crippen LogP contribution is 2.26. The molecule has 0 atom stereocenters. The van der Waals surface area contributed by atoms with Crippen LogP contribution in [0.5, 0.6) is 0 Å². The molecule has 0 bridgehead atoms. The first-order valence-electron chi connectivity index (χ1n) is 5.85. The molecule has 0 aliphatic heterocycles. The van der Waals surface area contributed by atoms with Crippen LogP contribution in [0.1, 0.15) is 27.6 Å². The molecule has 5 heteroatoms. The Bertz CT molecular complexity index is 668. The highest BCUT2D eigenvalue weighted by atomic mass is 79.9. The summed E-state index contributed by atoms with van der Waals surface area (Å²) in [7, 11) is 0. The predicted octanol–water partition coefficient (Wildman–Crippen LogP) is 4.56. The highest BCUT2D eigenvalue weighted by Gasteiger charge is 2.12. The number of carbonyl (C=O) groups is 2. The predicted molar refractivity (Wildman–Crippen MR) is 83.6 cm³/mol. The van der Waals surface area contributed by atoms with Crippen LogP contribution in [0, 0.1) is 0 Å². The molecule has 2 rings (SSSR count). The number of Topliss-reactive ketones (excluding diaryl/α,β-unsaturated/α-hetero) is 1. The standard InChI is InChI=1S/C15H11BrClNO2/c1-9(19)10-5-7-11(8-6-10)18-15(20)12-3-2-4-13(16)14(12)17/h2-8H,1H3,(H,18,20). The molecule has 0 saturated heterocycles. The van der Waals surface area contributed by atoms with Gasteiger partial charge in [-0.15, -0.1) is 0 Å². The average molecular weight is 353 g/mol. The Labute approximate surface area is 130 Å². The fourth-order valence-corrected chi connectivity index (χ4v) is 2.24. The molecule has 2 aromatic rings. The largest absolute Gasteiger partial charge is 0.322 e. The Hall–Kier alpha value is -1.65. The summed E-state index contributed by atoms with van der Waals surface area (Å²) in [6.45, 7) is 1.49. The van der Waals surface area contributed by atoms with Gasteiger partial charge >= 0.3 is 0 Å². The maximum absolute atomic E-state index is 12.1. The molecule has 1 N–H and O–H groups in total. The second-order valence-electron chi connectivity index (χ2n) is 4.19. The molecule has 0 unspecified atom stereocenters. The molecule has 0 aromatic heterocycles. The Balaban J connectivity index is 2.19. The van der Waals surface area contributed by atoms with Crippen LogP contribution in [0.15, 0.2) is 46.9 Å². The quantitative estimate of drug-likeness (QED) is 0.823. The van der Waals surface area contributed by atoms with E-state index in [1.54, 1.807) is 42.5 Å². The highest BCUT2D eigenvalue weighted by molar-refractivity contribution is 9.10. The number of amides is 1. The minimum Gasteiger partial charge on any atom is -0.322 e. The first kappa shape index (κ1) is 14.8. The van der Waals surface area contributed by atoms with Crippen molar-refractivity contribution in [3.63, 3.8) is 0 Å². The number of rotatable bonds is 3. The molecule has 0 spiro atoms. The number of benzene rings is 2. The van der Waals surface area contributed by atoms with Crippen molar-refractivity contribution in [3.05, 3.63) is 63.1 Å². The smallest absolute Gasteiger partial charge is 0.257 e. The van der Waals surface area contributed by atoms with E-state index in [1.165, 1.54) is 6.92 Å². The fraction of sp³-hybridized carbons (Fsp3) is 0.0667. The van der Waals surface area contributed by atoms with Gasteiger partial charge < -0.3 is 5.32 Å². The van der Waals surface area contributed by atoms with Crippen molar-refractivity contribution < 1.29 is 9.59 Å². The Morgan fingerprint density at radius 1 is 1.10 bits per heavy atom. The van der Waals surface area contributed by atoms with E-state index >= 15 is 0 Å². The summed E-state index contributed by atoms with van der Waals surface area (Å²) in [5.41, 5.74) is 1.59. The minimum absolute atomic E-state index is 0.0158. The zero-order valence-corrected chi connectivity index (χ0v) is 13.0. The Morgan fingerprint density at radius 3 is 2.35 bits per heavy atom. The van der Waals surface area contributed by atoms with Crippen LogP contribution in [0.3, 0.4) is 0 Å². The van der Waals surface area contributed by atoms with Crippen molar-refractivity contribution in [2.24, 2.45) is 0 Å². The van der Waals surface area contributed by atoms with Crippen LogP contribution >= 0.6 is 27.5 Å². The van der Waals surface area contributed by atoms with Crippen molar-refractivity contribution >= 4 is 44.9 Å². The summed E-state index contributed by atoms with van der Waals surface area (Å²) in [6.07, 6.45) is 0. The Kier molecular flexibility index (Phi) is 4.57. The summed E-state index contributed by atoms with van der Waals surface area (Å²) in [5.74, 6) is -0.315. The first-order chi connectivity index (χ1) is 9.49. The summed E-state index contributed by atoms with van der Waals surface area (Å²) < 4.78 is 0.666. The summed E-state index contributed by atoms with van der Waals surface area (Å²) in [4.78, 5) is 23.3. The van der Waals surface area contributed by atoms with Crippen molar-refractivity contribution in [2.75, 3.05) is 5.32 Å². The normalized spacial score (nSPS) is 10.2. The van der Waals surface area contributed by atoms with Gasteiger partial charge in [0.25, 0.3) is 5.91 Å². The van der Waals surface area contributed by atoms with Crippen LogP contribution in [0.25, 0.3) is 0 Å². The molecule has 102 valence electrons. The molecule has 0 radical (unpaired) electrons. The van der Waals surface area contributed by atoms with Gasteiger partial charge in [-0.2, -0.15) is 0 Å². The molecule has 0 aliphatic carbocycles. The fourth-order valence-electron chi connectivity index (χ4n) is 1.67. The van der Waals surface area contributed by atoms with E-state index in [9.17, 15) is 9.59 Å². The van der Waals surface area contributed by atoms with Crippen LogP contribution in [-0.4, -0.2) is 11.7 Å². The van der Waals surface area contributed by atoms with E-state index in [-0.39, 0.29) is 11.7 Å². The van der Waals surface area contributed by atoms with Crippen LogP contribution in [0.4, 0.5) is 5.69 Å². The SMILES string of the molecule is CC(=O)c1ccc(NC(=O)c2cccc(Br)c2Cl)cc1. The van der Waals surface area contributed by atoms with Gasteiger partial charge in [0.15, 0.2) is 5.78 Å². The lowest BCUT2D eigenvalue weighted by molar-refractivity contribution is 0.101.